The van der Waals surface area contributed by atoms with E-state index in [-0.39, 0.29) is 42.0 Å². The van der Waals surface area contributed by atoms with Crippen LogP contribution in [0, 0.1) is 0 Å². The van der Waals surface area contributed by atoms with Gasteiger partial charge in [0.2, 0.25) is 5.91 Å². The molecule has 6 nitrogen and oxygen atoms in total. The van der Waals surface area contributed by atoms with Crippen molar-refractivity contribution in [2.24, 2.45) is 4.99 Å². The van der Waals surface area contributed by atoms with Crippen LogP contribution in [0.4, 0.5) is 0 Å². The fourth-order valence-corrected chi connectivity index (χ4v) is 2.81. The molecular weight excluding hydrogens is 419 g/mol. The zero-order chi connectivity index (χ0) is 17.5. The number of rotatable bonds is 5. The Morgan fingerprint density at radius 3 is 2.33 bits per heavy atom. The molecule has 3 N–H and O–H groups in total. The SMILES string of the molecule is CCNC(=NCC1(O)CCCCC1)N(C)CC(=O)NC(C)(C)C.I. The molecule has 0 aromatic rings. The van der Waals surface area contributed by atoms with E-state index >= 15 is 0 Å². The Morgan fingerprint density at radius 2 is 1.83 bits per heavy atom. The van der Waals surface area contributed by atoms with Gasteiger partial charge in [-0.1, -0.05) is 19.3 Å². The third-order valence-electron chi connectivity index (χ3n) is 3.90. The van der Waals surface area contributed by atoms with Gasteiger partial charge in [0.15, 0.2) is 5.96 Å². The Labute approximate surface area is 163 Å². The average Bonchev–Trinajstić information content (AvgIpc) is 2.42. The highest BCUT2D eigenvalue weighted by Crippen LogP contribution is 2.28. The van der Waals surface area contributed by atoms with Gasteiger partial charge in [-0.3, -0.25) is 9.79 Å². The van der Waals surface area contributed by atoms with Gasteiger partial charge in [-0.25, -0.2) is 0 Å². The minimum absolute atomic E-state index is 0. The van der Waals surface area contributed by atoms with E-state index in [1.807, 2.05) is 34.7 Å². The summed E-state index contributed by atoms with van der Waals surface area (Å²) in [4.78, 5) is 18.4. The molecule has 1 amide bonds. The number of aliphatic imine (C=N–C) groups is 1. The van der Waals surface area contributed by atoms with E-state index in [0.717, 1.165) is 32.2 Å². The van der Waals surface area contributed by atoms with Crippen molar-refractivity contribution < 1.29 is 9.90 Å². The monoisotopic (exact) mass is 454 g/mol. The summed E-state index contributed by atoms with van der Waals surface area (Å²) in [6.45, 7) is 9.23. The van der Waals surface area contributed by atoms with Crippen LogP contribution in [-0.2, 0) is 4.79 Å². The standard InChI is InChI=1S/C17H34N4O2.HI/c1-6-18-15(19-13-17(23)10-8-7-9-11-17)21(5)12-14(22)20-16(2,3)4;/h23H,6-13H2,1-5H3,(H,18,19)(H,20,22);1H. The molecular formula is C17H35IN4O2. The lowest BCUT2D eigenvalue weighted by Crippen LogP contribution is -2.49. The summed E-state index contributed by atoms with van der Waals surface area (Å²) < 4.78 is 0. The molecule has 0 aliphatic heterocycles. The van der Waals surface area contributed by atoms with Gasteiger partial charge in [-0.05, 0) is 40.5 Å². The number of amides is 1. The Kier molecular flexibility index (Phi) is 10.2. The highest BCUT2D eigenvalue weighted by Gasteiger charge is 2.29. The van der Waals surface area contributed by atoms with Gasteiger partial charge in [0.1, 0.15) is 0 Å². The molecule has 0 spiro atoms. The summed E-state index contributed by atoms with van der Waals surface area (Å²) >= 11 is 0. The van der Waals surface area contributed by atoms with E-state index in [1.165, 1.54) is 6.42 Å². The van der Waals surface area contributed by atoms with E-state index in [9.17, 15) is 9.90 Å². The van der Waals surface area contributed by atoms with E-state index in [4.69, 9.17) is 0 Å². The van der Waals surface area contributed by atoms with Crippen molar-refractivity contribution in [2.75, 3.05) is 26.7 Å². The minimum atomic E-state index is -0.687. The fraction of sp³-hybridized carbons (Fsp3) is 0.882. The van der Waals surface area contributed by atoms with Crippen LogP contribution in [0.1, 0.15) is 59.8 Å². The third-order valence-corrected chi connectivity index (χ3v) is 3.90. The molecule has 0 saturated heterocycles. The van der Waals surface area contributed by atoms with Crippen molar-refractivity contribution in [2.45, 2.75) is 70.9 Å². The topological polar surface area (TPSA) is 77.0 Å². The second-order valence-electron chi connectivity index (χ2n) is 7.61. The Balaban J connectivity index is 0.00000529. The molecule has 1 aliphatic rings. The predicted molar refractivity (Wildman–Crippen MR) is 110 cm³/mol. The molecule has 1 fully saturated rings. The van der Waals surface area contributed by atoms with Crippen molar-refractivity contribution in [1.82, 2.24) is 15.5 Å². The number of hydrogen-bond acceptors (Lipinski definition) is 3. The highest BCUT2D eigenvalue weighted by atomic mass is 127. The molecule has 7 heteroatoms. The van der Waals surface area contributed by atoms with Gasteiger partial charge in [-0.15, -0.1) is 24.0 Å². The maximum absolute atomic E-state index is 12.1. The van der Waals surface area contributed by atoms with Crippen molar-refractivity contribution in [3.8, 4) is 0 Å². The smallest absolute Gasteiger partial charge is 0.240 e. The second-order valence-corrected chi connectivity index (χ2v) is 7.61. The zero-order valence-electron chi connectivity index (χ0n) is 15.8. The summed E-state index contributed by atoms with van der Waals surface area (Å²) in [6.07, 6.45) is 4.94. The average molecular weight is 454 g/mol. The van der Waals surface area contributed by atoms with E-state index in [0.29, 0.717) is 12.5 Å². The summed E-state index contributed by atoms with van der Waals surface area (Å²) in [5.74, 6) is 0.623. The van der Waals surface area contributed by atoms with Crippen LogP contribution in [0.2, 0.25) is 0 Å². The van der Waals surface area contributed by atoms with Gasteiger partial charge in [0.25, 0.3) is 0 Å². The number of likely N-dealkylation sites (N-methyl/N-ethyl adjacent to an activating group) is 1. The van der Waals surface area contributed by atoms with Crippen molar-refractivity contribution in [1.29, 1.82) is 0 Å². The van der Waals surface area contributed by atoms with Crippen LogP contribution in [0.3, 0.4) is 0 Å². The second kappa shape index (κ2) is 10.4. The third kappa shape index (κ3) is 9.05. The first-order valence-corrected chi connectivity index (χ1v) is 8.68. The van der Waals surface area contributed by atoms with Crippen LogP contribution in [0.25, 0.3) is 0 Å². The molecule has 0 radical (unpaired) electrons. The lowest BCUT2D eigenvalue weighted by molar-refractivity contribution is -0.122. The molecule has 142 valence electrons. The first-order valence-electron chi connectivity index (χ1n) is 8.68. The number of aliphatic hydroxyl groups is 1. The summed E-state index contributed by atoms with van der Waals surface area (Å²) in [7, 11) is 1.84. The number of nitrogens with one attached hydrogen (secondary N) is 2. The summed E-state index contributed by atoms with van der Waals surface area (Å²) in [5, 5.41) is 16.7. The number of carbonyl (C=O) groups is 1. The molecule has 1 saturated carbocycles. The van der Waals surface area contributed by atoms with Crippen LogP contribution >= 0.6 is 24.0 Å². The Morgan fingerprint density at radius 1 is 1.25 bits per heavy atom. The molecule has 1 aliphatic carbocycles. The Bertz CT molecular complexity index is 415. The number of nitrogens with zero attached hydrogens (tertiary/aromatic N) is 2. The quantitative estimate of drug-likeness (QED) is 0.338. The lowest BCUT2D eigenvalue weighted by atomic mass is 9.85. The highest BCUT2D eigenvalue weighted by molar-refractivity contribution is 14.0. The van der Waals surface area contributed by atoms with Gasteiger partial charge in [0, 0.05) is 19.1 Å². The van der Waals surface area contributed by atoms with Crippen LogP contribution < -0.4 is 10.6 Å². The van der Waals surface area contributed by atoms with Crippen molar-refractivity contribution >= 4 is 35.8 Å². The number of guanidine groups is 1. The molecule has 24 heavy (non-hydrogen) atoms. The number of hydrogen-bond donors (Lipinski definition) is 3. The summed E-state index contributed by atoms with van der Waals surface area (Å²) in [6, 6.07) is 0. The molecule has 0 heterocycles. The largest absolute Gasteiger partial charge is 0.388 e. The number of carbonyl (C=O) groups excluding carboxylic acids is 1. The van der Waals surface area contributed by atoms with Gasteiger partial charge < -0.3 is 20.6 Å². The fourth-order valence-electron chi connectivity index (χ4n) is 2.81. The minimum Gasteiger partial charge on any atom is -0.388 e. The molecule has 1 rings (SSSR count). The maximum Gasteiger partial charge on any atom is 0.240 e. The van der Waals surface area contributed by atoms with E-state index in [1.54, 1.807) is 4.90 Å². The van der Waals surface area contributed by atoms with Gasteiger partial charge in [-0.2, -0.15) is 0 Å². The van der Waals surface area contributed by atoms with E-state index < -0.39 is 5.60 Å². The maximum atomic E-state index is 12.1. The molecule has 0 bridgehead atoms. The van der Waals surface area contributed by atoms with E-state index in [2.05, 4.69) is 15.6 Å². The normalized spacial score (nSPS) is 17.7. The van der Waals surface area contributed by atoms with Crippen LogP contribution in [0.15, 0.2) is 4.99 Å². The summed E-state index contributed by atoms with van der Waals surface area (Å²) in [5.41, 5.74) is -0.932. The zero-order valence-corrected chi connectivity index (χ0v) is 18.1. The molecule has 0 aromatic carbocycles. The van der Waals surface area contributed by atoms with Gasteiger partial charge >= 0.3 is 0 Å². The predicted octanol–water partition coefficient (Wildman–Crippen LogP) is 2.11. The molecule has 0 aromatic heterocycles. The molecule has 0 atom stereocenters. The van der Waals surface area contributed by atoms with Crippen molar-refractivity contribution in [3.05, 3.63) is 0 Å². The first kappa shape index (κ1) is 23.4. The molecule has 0 unspecified atom stereocenters. The van der Waals surface area contributed by atoms with Crippen LogP contribution in [0.5, 0.6) is 0 Å². The Hall–Kier alpha value is -0.570. The van der Waals surface area contributed by atoms with Crippen LogP contribution in [-0.4, -0.2) is 59.7 Å². The number of halogens is 1. The van der Waals surface area contributed by atoms with Crippen molar-refractivity contribution in [3.63, 3.8) is 0 Å². The van der Waals surface area contributed by atoms with Gasteiger partial charge in [0.05, 0.1) is 18.7 Å². The first-order chi connectivity index (χ1) is 10.7. The lowest BCUT2D eigenvalue weighted by Gasteiger charge is -2.31.